The zero-order chi connectivity index (χ0) is 17.2. The van der Waals surface area contributed by atoms with Crippen molar-refractivity contribution in [3.05, 3.63) is 12.2 Å². The predicted octanol–water partition coefficient (Wildman–Crippen LogP) is 0.771. The summed E-state index contributed by atoms with van der Waals surface area (Å²) in [4.78, 5) is 34.5. The molecule has 0 aliphatic carbocycles. The van der Waals surface area contributed by atoms with Gasteiger partial charge in [-0.1, -0.05) is 19.3 Å². The molecule has 5 N–H and O–H groups in total. The molecule has 0 saturated heterocycles. The molecular weight excluding hydrogens is 298 g/mol. The van der Waals surface area contributed by atoms with Gasteiger partial charge in [-0.15, -0.1) is 0 Å². The summed E-state index contributed by atoms with van der Waals surface area (Å²) in [6.45, 7) is 0.476. The lowest BCUT2D eigenvalue weighted by atomic mass is 10.0. The quantitative estimate of drug-likeness (QED) is 0.359. The standard InChI is InChI=1S/C16H27N3O4/c17-12(7-5-8-13(18)16(22)23)6-3-1-2-4-11-19-14(20)9-10-15(19)21/h9-10,12-13H,1-8,11,17-18H2,(H,22,23)/t12?,13-/m0/s1. The minimum atomic E-state index is -0.969. The van der Waals surface area contributed by atoms with Crippen molar-refractivity contribution in [3.63, 3.8) is 0 Å². The summed E-state index contributed by atoms with van der Waals surface area (Å²) in [6, 6.07) is -0.727. The Morgan fingerprint density at radius 1 is 0.957 bits per heavy atom. The van der Waals surface area contributed by atoms with Gasteiger partial charge in [-0.05, 0) is 32.1 Å². The van der Waals surface area contributed by atoms with E-state index in [0.717, 1.165) is 44.9 Å². The maximum Gasteiger partial charge on any atom is 0.320 e. The maximum absolute atomic E-state index is 11.3. The molecule has 1 rings (SSSR count). The van der Waals surface area contributed by atoms with E-state index in [2.05, 4.69) is 0 Å². The molecule has 0 fully saturated rings. The highest BCUT2D eigenvalue weighted by atomic mass is 16.4. The van der Waals surface area contributed by atoms with Crippen LogP contribution < -0.4 is 11.5 Å². The van der Waals surface area contributed by atoms with Gasteiger partial charge in [0.2, 0.25) is 0 Å². The van der Waals surface area contributed by atoms with E-state index in [1.165, 1.54) is 17.1 Å². The molecule has 0 aromatic carbocycles. The number of unbranched alkanes of at least 4 members (excludes halogenated alkanes) is 3. The summed E-state index contributed by atoms with van der Waals surface area (Å²) in [7, 11) is 0. The second-order valence-electron chi connectivity index (χ2n) is 6.00. The third-order valence-corrected chi connectivity index (χ3v) is 4.01. The molecule has 0 bridgehead atoms. The van der Waals surface area contributed by atoms with Gasteiger partial charge >= 0.3 is 5.97 Å². The van der Waals surface area contributed by atoms with Crippen molar-refractivity contribution < 1.29 is 19.5 Å². The summed E-state index contributed by atoms with van der Waals surface area (Å²) in [5, 5.41) is 8.68. The Bertz CT molecular complexity index is 433. The van der Waals surface area contributed by atoms with E-state index in [-0.39, 0.29) is 17.9 Å². The number of carboxylic acid groups (broad SMARTS) is 1. The molecular formula is C16H27N3O4. The first-order chi connectivity index (χ1) is 10.9. The summed E-state index contributed by atoms with van der Waals surface area (Å²) in [5.74, 6) is -1.42. The minimum absolute atomic E-state index is 0.0712. The van der Waals surface area contributed by atoms with E-state index < -0.39 is 12.0 Å². The number of aliphatic carboxylic acids is 1. The number of imide groups is 1. The summed E-state index contributed by atoms with van der Waals surface area (Å²) >= 11 is 0. The van der Waals surface area contributed by atoms with Crippen molar-refractivity contribution in [1.29, 1.82) is 0 Å². The van der Waals surface area contributed by atoms with E-state index >= 15 is 0 Å². The number of carboxylic acids is 1. The number of carbonyl (C=O) groups excluding carboxylic acids is 2. The third-order valence-electron chi connectivity index (χ3n) is 4.01. The molecule has 0 radical (unpaired) electrons. The summed E-state index contributed by atoms with van der Waals surface area (Å²) in [6.07, 6.45) is 9.22. The van der Waals surface area contributed by atoms with Crippen LogP contribution in [0.2, 0.25) is 0 Å². The van der Waals surface area contributed by atoms with Crippen LogP contribution in [0.1, 0.15) is 51.4 Å². The number of hydrogen-bond acceptors (Lipinski definition) is 5. The second kappa shape index (κ2) is 10.1. The van der Waals surface area contributed by atoms with Gasteiger partial charge in [-0.3, -0.25) is 19.3 Å². The molecule has 0 aromatic rings. The first-order valence-corrected chi connectivity index (χ1v) is 8.19. The highest BCUT2D eigenvalue weighted by Crippen LogP contribution is 2.11. The van der Waals surface area contributed by atoms with Gasteiger partial charge in [0.25, 0.3) is 11.8 Å². The molecule has 2 atom stereocenters. The van der Waals surface area contributed by atoms with Crippen molar-refractivity contribution in [1.82, 2.24) is 4.90 Å². The molecule has 7 heteroatoms. The smallest absolute Gasteiger partial charge is 0.320 e. The molecule has 7 nitrogen and oxygen atoms in total. The fraction of sp³-hybridized carbons (Fsp3) is 0.688. The highest BCUT2D eigenvalue weighted by molar-refractivity contribution is 6.12. The van der Waals surface area contributed by atoms with E-state index in [1.54, 1.807) is 0 Å². The van der Waals surface area contributed by atoms with Gasteiger partial charge in [0.15, 0.2) is 0 Å². The Labute approximate surface area is 136 Å². The fourth-order valence-corrected chi connectivity index (χ4v) is 2.55. The molecule has 1 heterocycles. The van der Waals surface area contributed by atoms with Crippen molar-refractivity contribution in [2.75, 3.05) is 6.54 Å². The molecule has 130 valence electrons. The van der Waals surface area contributed by atoms with Crippen molar-refractivity contribution in [2.24, 2.45) is 11.5 Å². The topological polar surface area (TPSA) is 127 Å². The zero-order valence-corrected chi connectivity index (χ0v) is 13.4. The number of nitrogens with zero attached hydrogens (tertiary/aromatic N) is 1. The van der Waals surface area contributed by atoms with E-state index in [1.807, 2.05) is 0 Å². The van der Waals surface area contributed by atoms with Gasteiger partial charge in [-0.25, -0.2) is 0 Å². The molecule has 1 aliphatic heterocycles. The van der Waals surface area contributed by atoms with Gasteiger partial charge in [0.05, 0.1) is 0 Å². The Morgan fingerprint density at radius 3 is 2.13 bits per heavy atom. The summed E-state index contributed by atoms with van der Waals surface area (Å²) in [5.41, 5.74) is 11.4. The molecule has 0 saturated carbocycles. The van der Waals surface area contributed by atoms with Gasteiger partial charge in [0.1, 0.15) is 6.04 Å². The molecule has 0 aromatic heterocycles. The van der Waals surface area contributed by atoms with Crippen LogP contribution in [0, 0.1) is 0 Å². The van der Waals surface area contributed by atoms with E-state index in [9.17, 15) is 14.4 Å². The normalized spacial score (nSPS) is 16.9. The van der Waals surface area contributed by atoms with Crippen LogP contribution in [0.15, 0.2) is 12.2 Å². The van der Waals surface area contributed by atoms with Crippen molar-refractivity contribution in [3.8, 4) is 0 Å². The zero-order valence-electron chi connectivity index (χ0n) is 13.4. The lowest BCUT2D eigenvalue weighted by Crippen LogP contribution is -2.30. The lowest BCUT2D eigenvalue weighted by molar-refractivity contribution is -0.139. The lowest BCUT2D eigenvalue weighted by Gasteiger charge is -2.14. The Balaban J connectivity index is 1.97. The molecule has 2 amide bonds. The number of hydrogen-bond donors (Lipinski definition) is 3. The van der Waals surface area contributed by atoms with Gasteiger partial charge < -0.3 is 16.6 Å². The van der Waals surface area contributed by atoms with Gasteiger partial charge in [0, 0.05) is 24.7 Å². The Kier molecular flexibility index (Phi) is 8.50. The average molecular weight is 325 g/mol. The van der Waals surface area contributed by atoms with Gasteiger partial charge in [-0.2, -0.15) is 0 Å². The van der Waals surface area contributed by atoms with Crippen LogP contribution in [0.5, 0.6) is 0 Å². The number of nitrogens with two attached hydrogens (primary N) is 2. The van der Waals surface area contributed by atoms with E-state index in [0.29, 0.717) is 13.0 Å². The average Bonchev–Trinajstić information content (AvgIpc) is 2.81. The van der Waals surface area contributed by atoms with Crippen LogP contribution in [0.3, 0.4) is 0 Å². The Hall–Kier alpha value is -1.73. The monoisotopic (exact) mass is 325 g/mol. The van der Waals surface area contributed by atoms with Crippen LogP contribution in [0.25, 0.3) is 0 Å². The Morgan fingerprint density at radius 2 is 1.52 bits per heavy atom. The third kappa shape index (κ3) is 7.38. The highest BCUT2D eigenvalue weighted by Gasteiger charge is 2.22. The van der Waals surface area contributed by atoms with E-state index in [4.69, 9.17) is 16.6 Å². The fourth-order valence-electron chi connectivity index (χ4n) is 2.55. The molecule has 1 aliphatic rings. The molecule has 0 spiro atoms. The number of carbonyl (C=O) groups is 3. The summed E-state index contributed by atoms with van der Waals surface area (Å²) < 4.78 is 0. The first-order valence-electron chi connectivity index (χ1n) is 8.19. The van der Waals surface area contributed by atoms with Crippen molar-refractivity contribution >= 4 is 17.8 Å². The molecule has 1 unspecified atom stereocenters. The largest absolute Gasteiger partial charge is 0.480 e. The maximum atomic E-state index is 11.3. The van der Waals surface area contributed by atoms with Crippen LogP contribution in [0.4, 0.5) is 0 Å². The van der Waals surface area contributed by atoms with Crippen molar-refractivity contribution in [2.45, 2.75) is 63.5 Å². The van der Waals surface area contributed by atoms with Crippen LogP contribution in [-0.4, -0.2) is 46.4 Å². The van der Waals surface area contributed by atoms with Crippen LogP contribution in [-0.2, 0) is 14.4 Å². The minimum Gasteiger partial charge on any atom is -0.480 e. The number of rotatable bonds is 12. The molecule has 23 heavy (non-hydrogen) atoms. The number of amides is 2. The first kappa shape index (κ1) is 19.3. The second-order valence-corrected chi connectivity index (χ2v) is 6.00. The predicted molar refractivity (Wildman–Crippen MR) is 86.4 cm³/mol. The SMILES string of the molecule is NC(CCCCCCN1C(=O)C=CC1=O)CCC[C@H](N)C(=O)O. The van der Waals surface area contributed by atoms with Crippen LogP contribution >= 0.6 is 0 Å².